The minimum Gasteiger partial charge on any atom is -0.447 e. The molecule has 1 aliphatic rings. The number of halogens is 1. The number of cyclic esters (lactones) is 1. The van der Waals surface area contributed by atoms with Gasteiger partial charge in [-0.3, -0.25) is 4.90 Å². The first-order valence-corrected chi connectivity index (χ1v) is 6.82. The summed E-state index contributed by atoms with van der Waals surface area (Å²) in [5, 5.41) is 0. The van der Waals surface area contributed by atoms with Gasteiger partial charge in [0.1, 0.15) is 18.5 Å². The van der Waals surface area contributed by atoms with Gasteiger partial charge in [-0.2, -0.15) is 9.37 Å². The van der Waals surface area contributed by atoms with Crippen molar-refractivity contribution in [3.05, 3.63) is 17.8 Å². The molecule has 2 heterocycles. The molecule has 0 aromatic carbocycles. The van der Waals surface area contributed by atoms with Crippen molar-refractivity contribution in [2.45, 2.75) is 52.4 Å². The molecule has 2 rings (SSSR count). The molecule has 1 aliphatic heterocycles. The van der Waals surface area contributed by atoms with E-state index in [4.69, 9.17) is 9.47 Å². The highest BCUT2D eigenvalue weighted by molar-refractivity contribution is 5.89. The van der Waals surface area contributed by atoms with Gasteiger partial charge in [0.05, 0.1) is 11.7 Å². The van der Waals surface area contributed by atoms with Crippen LogP contribution in [0, 0.1) is 13.0 Å². The Balaban J connectivity index is 2.28. The number of aryl methyl sites for hydroxylation is 1. The molecule has 0 radical (unpaired) electrons. The molecule has 0 N–H and O–H groups in total. The molecular formula is C14H20FN3O3. The maximum Gasteiger partial charge on any atom is 0.416 e. The van der Waals surface area contributed by atoms with Crippen LogP contribution >= 0.6 is 0 Å². The normalized spacial score (nSPS) is 20.6. The maximum atomic E-state index is 13.4. The zero-order chi connectivity index (χ0) is 15.8. The van der Waals surface area contributed by atoms with E-state index >= 15 is 0 Å². The van der Waals surface area contributed by atoms with E-state index in [2.05, 4.69) is 9.97 Å². The highest BCUT2D eigenvalue weighted by Gasteiger charge is 2.40. The fourth-order valence-electron chi connectivity index (χ4n) is 2.32. The Hall–Kier alpha value is -1.76. The van der Waals surface area contributed by atoms with E-state index in [9.17, 15) is 9.18 Å². The van der Waals surface area contributed by atoms with Crippen LogP contribution in [0.5, 0.6) is 0 Å². The van der Waals surface area contributed by atoms with Crippen molar-refractivity contribution in [1.82, 2.24) is 9.97 Å². The van der Waals surface area contributed by atoms with Crippen LogP contribution in [0.1, 0.15) is 33.4 Å². The summed E-state index contributed by atoms with van der Waals surface area (Å²) in [7, 11) is 0. The fourth-order valence-corrected chi connectivity index (χ4v) is 2.32. The number of hydrogen-bond acceptors (Lipinski definition) is 5. The smallest absolute Gasteiger partial charge is 0.416 e. The molecule has 7 heteroatoms. The van der Waals surface area contributed by atoms with Gasteiger partial charge in [0.25, 0.3) is 0 Å². The Morgan fingerprint density at radius 3 is 2.71 bits per heavy atom. The summed E-state index contributed by atoms with van der Waals surface area (Å²) in [5.74, 6) is 0.192. The zero-order valence-corrected chi connectivity index (χ0v) is 12.9. The second-order valence-electron chi connectivity index (χ2n) is 6.09. The van der Waals surface area contributed by atoms with E-state index in [1.165, 1.54) is 4.90 Å². The lowest BCUT2D eigenvalue weighted by Crippen LogP contribution is -2.45. The molecule has 1 aromatic heterocycles. The molecule has 2 atom stereocenters. The Morgan fingerprint density at radius 2 is 2.14 bits per heavy atom. The van der Waals surface area contributed by atoms with E-state index in [0.29, 0.717) is 5.69 Å². The lowest BCUT2D eigenvalue weighted by molar-refractivity contribution is -0.0618. The molecule has 6 nitrogen and oxygen atoms in total. The average Bonchev–Trinajstić information content (AvgIpc) is 2.67. The number of carbonyl (C=O) groups is 1. The van der Waals surface area contributed by atoms with E-state index < -0.39 is 12.2 Å². The van der Waals surface area contributed by atoms with Crippen LogP contribution in [-0.2, 0) is 9.47 Å². The predicted octanol–water partition coefficient (Wildman–Crippen LogP) is 2.45. The molecule has 116 valence electrons. The lowest BCUT2D eigenvalue weighted by atomic mass is 10.1. The summed E-state index contributed by atoms with van der Waals surface area (Å²) in [6.07, 6.45) is -1.70. The average molecular weight is 297 g/mol. The highest BCUT2D eigenvalue weighted by Crippen LogP contribution is 2.26. The number of rotatable bonds is 3. The number of hydrogen-bond donors (Lipinski definition) is 0. The lowest BCUT2D eigenvalue weighted by Gasteiger charge is -2.31. The van der Waals surface area contributed by atoms with Gasteiger partial charge < -0.3 is 9.47 Å². The minimum absolute atomic E-state index is 0.181. The van der Waals surface area contributed by atoms with Gasteiger partial charge in [-0.25, -0.2) is 9.78 Å². The van der Waals surface area contributed by atoms with Crippen molar-refractivity contribution in [1.29, 1.82) is 0 Å². The summed E-state index contributed by atoms with van der Waals surface area (Å²) in [6.45, 7) is 9.47. The number of carbonyl (C=O) groups excluding carboxylic acids is 1. The quantitative estimate of drug-likeness (QED) is 0.802. The largest absolute Gasteiger partial charge is 0.447 e. The van der Waals surface area contributed by atoms with Gasteiger partial charge in [0.15, 0.2) is 0 Å². The first-order valence-electron chi connectivity index (χ1n) is 6.82. The van der Waals surface area contributed by atoms with Crippen LogP contribution in [0.4, 0.5) is 15.0 Å². The van der Waals surface area contributed by atoms with Gasteiger partial charge in [-0.15, -0.1) is 0 Å². The SMILES string of the molecule is Cc1cc(N2C(=O)OCC2[C@@H](C)OC(C)(C)C)nc(F)n1. The molecule has 0 spiro atoms. The number of nitrogens with zero attached hydrogens (tertiary/aromatic N) is 3. The molecule has 0 aliphatic carbocycles. The molecule has 21 heavy (non-hydrogen) atoms. The van der Waals surface area contributed by atoms with E-state index in [-0.39, 0.29) is 30.2 Å². The third-order valence-electron chi connectivity index (χ3n) is 3.05. The van der Waals surface area contributed by atoms with Crippen LogP contribution in [0.2, 0.25) is 0 Å². The molecule has 1 saturated heterocycles. The van der Waals surface area contributed by atoms with Gasteiger partial charge in [-0.1, -0.05) is 0 Å². The summed E-state index contributed by atoms with van der Waals surface area (Å²) >= 11 is 0. The van der Waals surface area contributed by atoms with Crippen molar-refractivity contribution < 1.29 is 18.7 Å². The van der Waals surface area contributed by atoms with Crippen molar-refractivity contribution in [2.24, 2.45) is 0 Å². The van der Waals surface area contributed by atoms with Crippen LogP contribution < -0.4 is 4.90 Å². The summed E-state index contributed by atoms with van der Waals surface area (Å²) in [6, 6.07) is 1.19. The van der Waals surface area contributed by atoms with Crippen molar-refractivity contribution in [3.8, 4) is 0 Å². The van der Waals surface area contributed by atoms with Gasteiger partial charge in [0, 0.05) is 11.8 Å². The Bertz CT molecular complexity index is 525. The van der Waals surface area contributed by atoms with Crippen LogP contribution in [0.3, 0.4) is 0 Å². The van der Waals surface area contributed by atoms with Crippen molar-refractivity contribution in [2.75, 3.05) is 11.5 Å². The molecule has 1 fully saturated rings. The molecular weight excluding hydrogens is 277 g/mol. The monoisotopic (exact) mass is 297 g/mol. The molecule has 1 unspecified atom stereocenters. The molecule has 0 bridgehead atoms. The third kappa shape index (κ3) is 3.66. The number of anilines is 1. The van der Waals surface area contributed by atoms with E-state index in [1.807, 2.05) is 27.7 Å². The Labute approximate surface area is 123 Å². The summed E-state index contributed by atoms with van der Waals surface area (Å²) in [5.41, 5.74) is 0.0872. The Kier molecular flexibility index (Phi) is 4.13. The standard InChI is InChI=1S/C14H20FN3O3/c1-8-6-11(17-12(15)16-8)18-10(7-20-13(18)19)9(2)21-14(3,4)5/h6,9-10H,7H2,1-5H3/t9-,10?/m1/s1. The van der Waals surface area contributed by atoms with E-state index in [1.54, 1.807) is 13.0 Å². The zero-order valence-electron chi connectivity index (χ0n) is 12.9. The first kappa shape index (κ1) is 15.6. The minimum atomic E-state index is -0.868. The topological polar surface area (TPSA) is 64.6 Å². The Morgan fingerprint density at radius 1 is 1.48 bits per heavy atom. The van der Waals surface area contributed by atoms with Gasteiger partial charge in [-0.05, 0) is 34.6 Å². The maximum absolute atomic E-state index is 13.4. The number of amides is 1. The van der Waals surface area contributed by atoms with Crippen LogP contribution in [0.25, 0.3) is 0 Å². The predicted molar refractivity (Wildman–Crippen MR) is 74.6 cm³/mol. The molecule has 0 saturated carbocycles. The first-order chi connectivity index (χ1) is 9.67. The highest BCUT2D eigenvalue weighted by atomic mass is 19.1. The third-order valence-corrected chi connectivity index (χ3v) is 3.05. The number of ether oxygens (including phenoxy) is 2. The fraction of sp³-hybridized carbons (Fsp3) is 0.643. The summed E-state index contributed by atoms with van der Waals surface area (Å²) in [4.78, 5) is 20.5. The van der Waals surface area contributed by atoms with Crippen LogP contribution in [-0.4, -0.2) is 40.4 Å². The van der Waals surface area contributed by atoms with Crippen molar-refractivity contribution in [3.63, 3.8) is 0 Å². The molecule has 1 amide bonds. The van der Waals surface area contributed by atoms with Gasteiger partial charge >= 0.3 is 12.2 Å². The molecule has 1 aromatic rings. The second kappa shape index (κ2) is 5.55. The summed E-state index contributed by atoms with van der Waals surface area (Å²) < 4.78 is 24.3. The van der Waals surface area contributed by atoms with Crippen LogP contribution in [0.15, 0.2) is 6.07 Å². The van der Waals surface area contributed by atoms with Gasteiger partial charge in [0.2, 0.25) is 0 Å². The second-order valence-corrected chi connectivity index (χ2v) is 6.09. The van der Waals surface area contributed by atoms with E-state index in [0.717, 1.165) is 0 Å². The number of aromatic nitrogens is 2. The van der Waals surface area contributed by atoms with Crippen molar-refractivity contribution >= 4 is 11.9 Å².